The van der Waals surface area contributed by atoms with E-state index in [4.69, 9.17) is 0 Å². The molecule has 116 valence electrons. The highest BCUT2D eigenvalue weighted by Crippen LogP contribution is 2.21. The fourth-order valence-electron chi connectivity index (χ4n) is 2.54. The van der Waals surface area contributed by atoms with Crippen molar-refractivity contribution < 1.29 is 4.79 Å². The second kappa shape index (κ2) is 7.38. The molecule has 1 amide bonds. The predicted molar refractivity (Wildman–Crippen MR) is 84.6 cm³/mol. The minimum atomic E-state index is -0.0967. The fourth-order valence-corrected chi connectivity index (χ4v) is 2.54. The molecular formula is C16H26N4O. The number of rotatable bonds is 5. The molecule has 0 radical (unpaired) electrons. The summed E-state index contributed by atoms with van der Waals surface area (Å²) in [5.41, 5.74) is 0.479. The maximum atomic E-state index is 12.1. The minimum Gasteiger partial charge on any atom is -0.356 e. The average Bonchev–Trinajstić information content (AvgIpc) is 2.47. The first-order chi connectivity index (χ1) is 10.1. The normalized spacial score (nSPS) is 16.0. The van der Waals surface area contributed by atoms with Crippen LogP contribution in [0.5, 0.6) is 0 Å². The van der Waals surface area contributed by atoms with Gasteiger partial charge in [-0.15, -0.1) is 0 Å². The summed E-state index contributed by atoms with van der Waals surface area (Å²) in [6.45, 7) is 8.96. The molecule has 5 nitrogen and oxygen atoms in total. The SMILES string of the molecule is CCCCNC(=O)c1cc(N2CCC(C)CC2)nc(C)n1. The van der Waals surface area contributed by atoms with E-state index in [0.29, 0.717) is 18.1 Å². The molecule has 0 aromatic carbocycles. The van der Waals surface area contributed by atoms with Gasteiger partial charge in [-0.3, -0.25) is 4.79 Å². The molecule has 2 rings (SSSR count). The number of aromatic nitrogens is 2. The van der Waals surface area contributed by atoms with Crippen molar-refractivity contribution in [1.82, 2.24) is 15.3 Å². The number of nitrogens with one attached hydrogen (secondary N) is 1. The lowest BCUT2D eigenvalue weighted by atomic mass is 9.99. The lowest BCUT2D eigenvalue weighted by Gasteiger charge is -2.31. The van der Waals surface area contributed by atoms with Gasteiger partial charge in [0.05, 0.1) is 0 Å². The number of carbonyl (C=O) groups excluding carboxylic acids is 1. The van der Waals surface area contributed by atoms with Gasteiger partial charge in [-0.25, -0.2) is 9.97 Å². The monoisotopic (exact) mass is 290 g/mol. The highest BCUT2D eigenvalue weighted by Gasteiger charge is 2.19. The van der Waals surface area contributed by atoms with Crippen LogP contribution in [0.3, 0.4) is 0 Å². The van der Waals surface area contributed by atoms with Crippen LogP contribution in [0.15, 0.2) is 6.07 Å². The molecule has 0 aliphatic carbocycles. The van der Waals surface area contributed by atoms with Crippen LogP contribution in [-0.2, 0) is 0 Å². The lowest BCUT2D eigenvalue weighted by molar-refractivity contribution is 0.0947. The van der Waals surface area contributed by atoms with Gasteiger partial charge in [0.25, 0.3) is 5.91 Å². The Morgan fingerprint density at radius 3 is 2.76 bits per heavy atom. The summed E-state index contributed by atoms with van der Waals surface area (Å²) < 4.78 is 0. The third-order valence-electron chi connectivity index (χ3n) is 3.98. The van der Waals surface area contributed by atoms with Crippen LogP contribution in [0.1, 0.15) is 55.8 Å². The lowest BCUT2D eigenvalue weighted by Crippen LogP contribution is -2.34. The standard InChI is InChI=1S/C16H26N4O/c1-4-5-8-17-16(21)14-11-15(19-13(3)18-14)20-9-6-12(2)7-10-20/h11-12H,4-10H2,1-3H3,(H,17,21). The second-order valence-corrected chi connectivity index (χ2v) is 5.94. The Morgan fingerprint density at radius 2 is 2.10 bits per heavy atom. The van der Waals surface area contributed by atoms with E-state index in [0.717, 1.165) is 37.7 Å². The van der Waals surface area contributed by atoms with Crippen LogP contribution in [0.4, 0.5) is 5.82 Å². The summed E-state index contributed by atoms with van der Waals surface area (Å²) in [6.07, 6.45) is 4.43. The van der Waals surface area contributed by atoms with Crippen molar-refractivity contribution >= 4 is 11.7 Å². The van der Waals surface area contributed by atoms with E-state index in [1.54, 1.807) is 0 Å². The van der Waals surface area contributed by atoms with Crippen molar-refractivity contribution in [1.29, 1.82) is 0 Å². The number of unbranched alkanes of at least 4 members (excludes halogenated alkanes) is 1. The Balaban J connectivity index is 2.08. The first-order valence-corrected chi connectivity index (χ1v) is 7.99. The first kappa shape index (κ1) is 15.7. The van der Waals surface area contributed by atoms with Gasteiger partial charge in [0.1, 0.15) is 17.3 Å². The van der Waals surface area contributed by atoms with Crippen molar-refractivity contribution in [3.05, 3.63) is 17.6 Å². The highest BCUT2D eigenvalue weighted by molar-refractivity contribution is 5.92. The molecule has 21 heavy (non-hydrogen) atoms. The number of hydrogen-bond donors (Lipinski definition) is 1. The van der Waals surface area contributed by atoms with Gasteiger partial charge >= 0.3 is 0 Å². The number of aryl methyl sites for hydroxylation is 1. The zero-order valence-electron chi connectivity index (χ0n) is 13.4. The van der Waals surface area contributed by atoms with Crippen LogP contribution >= 0.6 is 0 Å². The smallest absolute Gasteiger partial charge is 0.270 e. The molecule has 2 heterocycles. The van der Waals surface area contributed by atoms with Crippen molar-refractivity contribution in [3.63, 3.8) is 0 Å². The molecule has 0 spiro atoms. The summed E-state index contributed by atoms with van der Waals surface area (Å²) in [5, 5.41) is 2.92. The van der Waals surface area contributed by atoms with Gasteiger partial charge in [0, 0.05) is 25.7 Å². The Hall–Kier alpha value is -1.65. The second-order valence-electron chi connectivity index (χ2n) is 5.94. The molecule has 1 N–H and O–H groups in total. The quantitative estimate of drug-likeness (QED) is 0.847. The summed E-state index contributed by atoms with van der Waals surface area (Å²) >= 11 is 0. The summed E-state index contributed by atoms with van der Waals surface area (Å²) in [4.78, 5) is 23.2. The molecule has 1 aromatic rings. The number of carbonyl (C=O) groups is 1. The number of hydrogen-bond acceptors (Lipinski definition) is 4. The molecule has 0 bridgehead atoms. The van der Waals surface area contributed by atoms with E-state index in [9.17, 15) is 4.79 Å². The molecule has 1 aliphatic rings. The van der Waals surface area contributed by atoms with E-state index < -0.39 is 0 Å². The van der Waals surface area contributed by atoms with Crippen molar-refractivity contribution in [2.45, 2.75) is 46.5 Å². The summed E-state index contributed by atoms with van der Waals surface area (Å²) in [7, 11) is 0. The molecule has 1 aromatic heterocycles. The molecule has 1 aliphatic heterocycles. The maximum absolute atomic E-state index is 12.1. The van der Waals surface area contributed by atoms with Crippen molar-refractivity contribution in [2.24, 2.45) is 5.92 Å². The summed E-state index contributed by atoms with van der Waals surface area (Å²) in [5.74, 6) is 2.23. The molecule has 5 heteroatoms. The van der Waals surface area contributed by atoms with E-state index >= 15 is 0 Å². The molecule has 1 fully saturated rings. The number of amides is 1. The molecular weight excluding hydrogens is 264 g/mol. The number of anilines is 1. The topological polar surface area (TPSA) is 58.1 Å². The van der Waals surface area contributed by atoms with E-state index in [1.807, 2.05) is 13.0 Å². The number of nitrogens with zero attached hydrogens (tertiary/aromatic N) is 3. The first-order valence-electron chi connectivity index (χ1n) is 7.99. The van der Waals surface area contributed by atoms with E-state index in [2.05, 4.69) is 34.0 Å². The van der Waals surface area contributed by atoms with E-state index in [-0.39, 0.29) is 5.91 Å². The third kappa shape index (κ3) is 4.41. The maximum Gasteiger partial charge on any atom is 0.270 e. The van der Waals surface area contributed by atoms with Gasteiger partial charge < -0.3 is 10.2 Å². The molecule has 0 atom stereocenters. The molecule has 0 saturated carbocycles. The van der Waals surface area contributed by atoms with E-state index in [1.165, 1.54) is 12.8 Å². The van der Waals surface area contributed by atoms with Gasteiger partial charge in [0.2, 0.25) is 0 Å². The van der Waals surface area contributed by atoms with Crippen LogP contribution in [0, 0.1) is 12.8 Å². The largest absolute Gasteiger partial charge is 0.356 e. The number of piperidine rings is 1. The van der Waals surface area contributed by atoms with Crippen LogP contribution in [0.25, 0.3) is 0 Å². The Morgan fingerprint density at radius 1 is 1.38 bits per heavy atom. The van der Waals surface area contributed by atoms with Gasteiger partial charge in [-0.05, 0) is 32.1 Å². The Kier molecular flexibility index (Phi) is 5.53. The minimum absolute atomic E-state index is 0.0967. The highest BCUT2D eigenvalue weighted by atomic mass is 16.1. The zero-order chi connectivity index (χ0) is 15.2. The van der Waals surface area contributed by atoms with Crippen LogP contribution in [-0.4, -0.2) is 35.5 Å². The van der Waals surface area contributed by atoms with Crippen molar-refractivity contribution in [3.8, 4) is 0 Å². The van der Waals surface area contributed by atoms with Gasteiger partial charge in [0.15, 0.2) is 0 Å². The van der Waals surface area contributed by atoms with Crippen LogP contribution in [0.2, 0.25) is 0 Å². The van der Waals surface area contributed by atoms with Crippen molar-refractivity contribution in [2.75, 3.05) is 24.5 Å². The fraction of sp³-hybridized carbons (Fsp3) is 0.688. The third-order valence-corrected chi connectivity index (χ3v) is 3.98. The van der Waals surface area contributed by atoms with Gasteiger partial charge in [-0.2, -0.15) is 0 Å². The van der Waals surface area contributed by atoms with Gasteiger partial charge in [-0.1, -0.05) is 20.3 Å². The summed E-state index contributed by atoms with van der Waals surface area (Å²) in [6, 6.07) is 1.82. The molecule has 0 unspecified atom stereocenters. The predicted octanol–water partition coefficient (Wildman–Crippen LogP) is 2.55. The zero-order valence-corrected chi connectivity index (χ0v) is 13.4. The molecule has 1 saturated heterocycles. The average molecular weight is 290 g/mol. The Labute approximate surface area is 127 Å². The Bertz CT molecular complexity index is 481. The van der Waals surface area contributed by atoms with Crippen LogP contribution < -0.4 is 10.2 Å².